The van der Waals surface area contributed by atoms with Crippen molar-refractivity contribution in [2.45, 2.75) is 13.0 Å². The fourth-order valence-electron chi connectivity index (χ4n) is 2.10. The summed E-state index contributed by atoms with van der Waals surface area (Å²) in [6.07, 6.45) is -1.41. The van der Waals surface area contributed by atoms with Crippen molar-refractivity contribution in [1.29, 1.82) is 5.26 Å². The number of alkyl halides is 2. The minimum Gasteiger partial charge on any atom is -0.415 e. The number of nitrogens with zero attached hydrogens (tertiary/aromatic N) is 4. The molecule has 26 heavy (non-hydrogen) atoms. The standard InChI is InChI=1S/C18H10F2N4O2/c19-16(20)18-23-22-17(26-18)14-6-8-24(15(25)10-14)7-2-5-12-3-1-4-13(9-12)11-21/h1,3-4,6,8-10,16H,7H2. The molecule has 3 aromatic rings. The molecule has 0 amide bonds. The molecule has 2 aromatic heterocycles. The van der Waals surface area contributed by atoms with Gasteiger partial charge in [0.25, 0.3) is 11.4 Å². The highest BCUT2D eigenvalue weighted by Crippen LogP contribution is 2.21. The summed E-state index contributed by atoms with van der Waals surface area (Å²) in [5.41, 5.74) is 1.03. The largest absolute Gasteiger partial charge is 0.415 e. The van der Waals surface area contributed by atoms with Crippen LogP contribution in [0.2, 0.25) is 0 Å². The molecule has 1 aromatic carbocycles. The zero-order chi connectivity index (χ0) is 18.5. The number of hydrogen-bond acceptors (Lipinski definition) is 5. The second-order valence-electron chi connectivity index (χ2n) is 5.12. The van der Waals surface area contributed by atoms with Gasteiger partial charge in [0.2, 0.25) is 5.89 Å². The molecule has 8 heteroatoms. The molecule has 0 saturated carbocycles. The zero-order valence-electron chi connectivity index (χ0n) is 13.2. The summed E-state index contributed by atoms with van der Waals surface area (Å²) in [4.78, 5) is 12.1. The van der Waals surface area contributed by atoms with Crippen LogP contribution in [0.5, 0.6) is 0 Å². The number of nitriles is 1. The topological polar surface area (TPSA) is 84.7 Å². The van der Waals surface area contributed by atoms with Gasteiger partial charge in [-0.05, 0) is 24.3 Å². The second-order valence-corrected chi connectivity index (χ2v) is 5.12. The molecule has 0 radical (unpaired) electrons. The Hall–Kier alpha value is -3.78. The number of halogens is 2. The van der Waals surface area contributed by atoms with Gasteiger partial charge < -0.3 is 8.98 Å². The SMILES string of the molecule is N#Cc1cccc(C#CCn2ccc(-c3nnc(C(F)F)o3)cc2=O)c1. The normalized spacial score (nSPS) is 10.2. The Morgan fingerprint density at radius 2 is 2.00 bits per heavy atom. The minimum atomic E-state index is -2.87. The van der Waals surface area contributed by atoms with E-state index in [9.17, 15) is 13.6 Å². The van der Waals surface area contributed by atoms with Crippen LogP contribution in [-0.4, -0.2) is 14.8 Å². The molecule has 128 valence electrons. The lowest BCUT2D eigenvalue weighted by atomic mass is 10.1. The Morgan fingerprint density at radius 1 is 1.19 bits per heavy atom. The van der Waals surface area contributed by atoms with Crippen LogP contribution in [0.1, 0.15) is 23.4 Å². The van der Waals surface area contributed by atoms with E-state index >= 15 is 0 Å². The van der Waals surface area contributed by atoms with Crippen molar-refractivity contribution in [2.24, 2.45) is 0 Å². The van der Waals surface area contributed by atoms with Crippen LogP contribution >= 0.6 is 0 Å². The smallest absolute Gasteiger partial charge is 0.314 e. The second kappa shape index (κ2) is 7.41. The van der Waals surface area contributed by atoms with Crippen molar-refractivity contribution in [3.8, 4) is 29.4 Å². The molecule has 2 heterocycles. The predicted octanol–water partition coefficient (Wildman–Crippen LogP) is 2.76. The van der Waals surface area contributed by atoms with E-state index in [0.29, 0.717) is 11.1 Å². The van der Waals surface area contributed by atoms with Gasteiger partial charge in [0.05, 0.1) is 18.2 Å². The maximum absolute atomic E-state index is 12.5. The number of rotatable bonds is 3. The molecule has 0 aliphatic carbocycles. The van der Waals surface area contributed by atoms with Gasteiger partial charge in [-0.3, -0.25) is 4.79 Å². The summed E-state index contributed by atoms with van der Waals surface area (Å²) in [7, 11) is 0. The van der Waals surface area contributed by atoms with Gasteiger partial charge in [0, 0.05) is 23.4 Å². The van der Waals surface area contributed by atoms with E-state index in [1.54, 1.807) is 24.3 Å². The summed E-state index contributed by atoms with van der Waals surface area (Å²) < 4.78 is 31.1. The first kappa shape index (κ1) is 17.1. The van der Waals surface area contributed by atoms with Crippen molar-refractivity contribution >= 4 is 0 Å². The van der Waals surface area contributed by atoms with Crippen molar-refractivity contribution < 1.29 is 13.2 Å². The Kier molecular flexibility index (Phi) is 4.86. The zero-order valence-corrected chi connectivity index (χ0v) is 13.2. The summed E-state index contributed by atoms with van der Waals surface area (Å²) >= 11 is 0. The molecular weight excluding hydrogens is 342 g/mol. The van der Waals surface area contributed by atoms with Crippen LogP contribution in [0, 0.1) is 23.2 Å². The lowest BCUT2D eigenvalue weighted by Crippen LogP contribution is -2.17. The van der Waals surface area contributed by atoms with Crippen molar-refractivity contribution in [3.05, 3.63) is 70.0 Å². The molecule has 0 bridgehead atoms. The van der Waals surface area contributed by atoms with E-state index < -0.39 is 12.3 Å². The lowest BCUT2D eigenvalue weighted by molar-refractivity contribution is 0.116. The molecule has 0 aliphatic rings. The minimum absolute atomic E-state index is 0.127. The van der Waals surface area contributed by atoms with E-state index in [4.69, 9.17) is 9.68 Å². The monoisotopic (exact) mass is 352 g/mol. The Labute approximate surface area is 146 Å². The molecule has 3 rings (SSSR count). The molecule has 0 atom stereocenters. The fraction of sp³-hybridized carbons (Fsp3) is 0.111. The Bertz CT molecular complexity index is 1100. The van der Waals surface area contributed by atoms with Crippen LogP contribution in [0.4, 0.5) is 8.78 Å². The van der Waals surface area contributed by atoms with Crippen LogP contribution < -0.4 is 5.56 Å². The first-order valence-electron chi connectivity index (χ1n) is 7.38. The van der Waals surface area contributed by atoms with E-state index in [1.807, 2.05) is 6.07 Å². The molecular formula is C18H10F2N4O2. The first-order valence-corrected chi connectivity index (χ1v) is 7.38. The van der Waals surface area contributed by atoms with Gasteiger partial charge in [-0.15, -0.1) is 10.2 Å². The van der Waals surface area contributed by atoms with Gasteiger partial charge in [-0.1, -0.05) is 17.9 Å². The van der Waals surface area contributed by atoms with Gasteiger partial charge in [-0.2, -0.15) is 14.0 Å². The Balaban J connectivity index is 1.77. The van der Waals surface area contributed by atoms with E-state index in [0.717, 1.165) is 0 Å². The van der Waals surface area contributed by atoms with Crippen molar-refractivity contribution in [2.75, 3.05) is 0 Å². The third kappa shape index (κ3) is 3.82. The summed E-state index contributed by atoms with van der Waals surface area (Å²) in [6, 6.07) is 11.5. The number of hydrogen-bond donors (Lipinski definition) is 0. The number of aromatic nitrogens is 3. The van der Waals surface area contributed by atoms with Crippen LogP contribution in [0.15, 0.2) is 51.8 Å². The highest BCUT2D eigenvalue weighted by atomic mass is 19.3. The summed E-state index contributed by atoms with van der Waals surface area (Å²) in [6.45, 7) is 0.127. The molecule has 0 N–H and O–H groups in total. The van der Waals surface area contributed by atoms with E-state index in [2.05, 4.69) is 22.0 Å². The number of pyridine rings is 1. The molecule has 0 unspecified atom stereocenters. The maximum atomic E-state index is 12.5. The quantitative estimate of drug-likeness (QED) is 0.677. The van der Waals surface area contributed by atoms with Gasteiger partial charge in [0.1, 0.15) is 0 Å². The maximum Gasteiger partial charge on any atom is 0.314 e. The summed E-state index contributed by atoms with van der Waals surface area (Å²) in [5.74, 6) is 4.77. The average Bonchev–Trinajstić information content (AvgIpc) is 3.14. The molecule has 0 aliphatic heterocycles. The van der Waals surface area contributed by atoms with Gasteiger partial charge >= 0.3 is 6.43 Å². The Morgan fingerprint density at radius 3 is 2.69 bits per heavy atom. The van der Waals surface area contributed by atoms with Crippen LogP contribution in [0.3, 0.4) is 0 Å². The van der Waals surface area contributed by atoms with Crippen LogP contribution in [0.25, 0.3) is 11.5 Å². The molecule has 0 spiro atoms. The highest BCUT2D eigenvalue weighted by Gasteiger charge is 2.17. The lowest BCUT2D eigenvalue weighted by Gasteiger charge is -2.01. The third-order valence-corrected chi connectivity index (χ3v) is 3.34. The average molecular weight is 352 g/mol. The van der Waals surface area contributed by atoms with Crippen molar-refractivity contribution in [3.63, 3.8) is 0 Å². The van der Waals surface area contributed by atoms with Crippen LogP contribution in [-0.2, 0) is 6.54 Å². The molecule has 0 fully saturated rings. The van der Waals surface area contributed by atoms with Crippen molar-refractivity contribution in [1.82, 2.24) is 14.8 Å². The van der Waals surface area contributed by atoms with E-state index in [1.165, 1.54) is 22.9 Å². The third-order valence-electron chi connectivity index (χ3n) is 3.34. The van der Waals surface area contributed by atoms with Gasteiger partial charge in [-0.25, -0.2) is 0 Å². The van der Waals surface area contributed by atoms with Gasteiger partial charge in [0.15, 0.2) is 0 Å². The predicted molar refractivity (Wildman–Crippen MR) is 87.0 cm³/mol. The highest BCUT2D eigenvalue weighted by molar-refractivity contribution is 5.51. The summed E-state index contributed by atoms with van der Waals surface area (Å²) in [5, 5.41) is 15.6. The fourth-order valence-corrected chi connectivity index (χ4v) is 2.10. The molecule has 0 saturated heterocycles. The molecule has 6 nitrogen and oxygen atoms in total. The number of benzene rings is 1. The first-order chi connectivity index (χ1) is 12.6. The van der Waals surface area contributed by atoms with E-state index in [-0.39, 0.29) is 23.6 Å².